The summed E-state index contributed by atoms with van der Waals surface area (Å²) < 4.78 is 4.84. The molecule has 0 saturated heterocycles. The number of hydrogen-bond donors (Lipinski definition) is 1. The highest BCUT2D eigenvalue weighted by atomic mass is 35.5. The molecule has 0 bridgehead atoms. The molecule has 0 aromatic heterocycles. The molecule has 1 aromatic carbocycles. The molecule has 0 aliphatic carbocycles. The fraction of sp³-hybridized carbons (Fsp3) is 0.300. The van der Waals surface area contributed by atoms with Crippen LogP contribution in [-0.4, -0.2) is 12.6 Å². The van der Waals surface area contributed by atoms with Gasteiger partial charge in [-0.1, -0.05) is 17.7 Å². The number of benzene rings is 1. The number of carbonyl (C=O) groups is 1. The molecule has 3 nitrogen and oxygen atoms in total. The van der Waals surface area contributed by atoms with Crippen LogP contribution in [0, 0.1) is 6.92 Å². The number of hydrogen-bond acceptors (Lipinski definition) is 3. The summed E-state index contributed by atoms with van der Waals surface area (Å²) in [5, 5.41) is 0.364. The number of rotatable bonds is 2. The Bertz CT molecular complexity index is 363. The SMILES string of the molecule is CCOC(=O)c1c(N)ccc(C)c1Cl. The van der Waals surface area contributed by atoms with Gasteiger partial charge in [-0.2, -0.15) is 0 Å². The highest BCUT2D eigenvalue weighted by molar-refractivity contribution is 6.35. The Balaban J connectivity index is 3.18. The fourth-order valence-corrected chi connectivity index (χ4v) is 1.36. The second-order valence-corrected chi connectivity index (χ2v) is 3.26. The number of anilines is 1. The van der Waals surface area contributed by atoms with E-state index in [4.69, 9.17) is 22.1 Å². The molecule has 0 spiro atoms. The number of esters is 1. The summed E-state index contributed by atoms with van der Waals surface area (Å²) in [6, 6.07) is 3.41. The van der Waals surface area contributed by atoms with E-state index in [2.05, 4.69) is 0 Å². The average molecular weight is 214 g/mol. The molecule has 0 fully saturated rings. The molecule has 0 radical (unpaired) electrons. The summed E-state index contributed by atoms with van der Waals surface area (Å²) in [5.74, 6) is -0.473. The minimum atomic E-state index is -0.473. The predicted octanol–water partition coefficient (Wildman–Crippen LogP) is 2.41. The van der Waals surface area contributed by atoms with Crippen LogP contribution < -0.4 is 5.73 Å². The Labute approximate surface area is 87.8 Å². The fourth-order valence-electron chi connectivity index (χ4n) is 1.11. The summed E-state index contributed by atoms with van der Waals surface area (Å²) in [6.07, 6.45) is 0. The van der Waals surface area contributed by atoms with Crippen LogP contribution in [0.4, 0.5) is 5.69 Å². The van der Waals surface area contributed by atoms with Crippen molar-refractivity contribution in [2.45, 2.75) is 13.8 Å². The smallest absolute Gasteiger partial charge is 0.341 e. The predicted molar refractivity (Wildman–Crippen MR) is 56.6 cm³/mol. The summed E-state index contributed by atoms with van der Waals surface area (Å²) in [7, 11) is 0. The number of ether oxygens (including phenoxy) is 1. The summed E-state index contributed by atoms with van der Waals surface area (Å²) in [4.78, 5) is 11.5. The quantitative estimate of drug-likeness (QED) is 0.606. The van der Waals surface area contributed by atoms with Crippen LogP contribution >= 0.6 is 11.6 Å². The minimum Gasteiger partial charge on any atom is -0.462 e. The Hall–Kier alpha value is -1.22. The van der Waals surface area contributed by atoms with Gasteiger partial charge in [-0.3, -0.25) is 0 Å². The van der Waals surface area contributed by atoms with E-state index in [-0.39, 0.29) is 5.56 Å². The van der Waals surface area contributed by atoms with E-state index < -0.39 is 5.97 Å². The lowest BCUT2D eigenvalue weighted by Crippen LogP contribution is -2.09. The van der Waals surface area contributed by atoms with E-state index in [1.165, 1.54) is 0 Å². The second-order valence-electron chi connectivity index (χ2n) is 2.88. The minimum absolute atomic E-state index is 0.258. The Morgan fingerprint density at radius 1 is 1.57 bits per heavy atom. The summed E-state index contributed by atoms with van der Waals surface area (Å²) in [6.45, 7) is 3.85. The third-order valence-corrected chi connectivity index (χ3v) is 2.33. The highest BCUT2D eigenvalue weighted by Gasteiger charge is 2.16. The number of nitrogen functional groups attached to an aromatic ring is 1. The van der Waals surface area contributed by atoms with Gasteiger partial charge in [-0.25, -0.2) is 4.79 Å². The third kappa shape index (κ3) is 1.99. The monoisotopic (exact) mass is 213 g/mol. The van der Waals surface area contributed by atoms with E-state index in [1.54, 1.807) is 19.1 Å². The second kappa shape index (κ2) is 4.33. The molecular weight excluding hydrogens is 202 g/mol. The lowest BCUT2D eigenvalue weighted by atomic mass is 10.1. The van der Waals surface area contributed by atoms with Gasteiger partial charge in [0.15, 0.2) is 0 Å². The van der Waals surface area contributed by atoms with Gasteiger partial charge in [-0.15, -0.1) is 0 Å². The molecule has 0 atom stereocenters. The zero-order valence-electron chi connectivity index (χ0n) is 8.13. The van der Waals surface area contributed by atoms with Crippen LogP contribution in [0.1, 0.15) is 22.8 Å². The number of nitrogens with two attached hydrogens (primary N) is 1. The van der Waals surface area contributed by atoms with Gasteiger partial charge in [0, 0.05) is 5.69 Å². The molecule has 2 N–H and O–H groups in total. The Morgan fingerprint density at radius 2 is 2.21 bits per heavy atom. The molecule has 0 unspecified atom stereocenters. The Kier molecular flexibility index (Phi) is 3.36. The number of carbonyl (C=O) groups excluding carboxylic acids is 1. The van der Waals surface area contributed by atoms with E-state index >= 15 is 0 Å². The Morgan fingerprint density at radius 3 is 2.79 bits per heavy atom. The van der Waals surface area contributed by atoms with Crippen molar-refractivity contribution in [3.63, 3.8) is 0 Å². The zero-order chi connectivity index (χ0) is 10.7. The first kappa shape index (κ1) is 10.9. The molecule has 0 saturated carbocycles. The largest absolute Gasteiger partial charge is 0.462 e. The summed E-state index contributed by atoms with van der Waals surface area (Å²) >= 11 is 5.95. The summed E-state index contributed by atoms with van der Waals surface area (Å²) in [5.41, 5.74) is 7.05. The standard InChI is InChI=1S/C10H12ClNO2/c1-3-14-10(13)8-7(12)5-4-6(2)9(8)11/h4-5H,3,12H2,1-2H3. The molecule has 0 heterocycles. The van der Waals surface area contributed by atoms with E-state index in [1.807, 2.05) is 6.92 Å². The molecule has 76 valence electrons. The van der Waals surface area contributed by atoms with Crippen LogP contribution in [0.25, 0.3) is 0 Å². The van der Waals surface area contributed by atoms with Gasteiger partial charge in [0.05, 0.1) is 11.6 Å². The zero-order valence-corrected chi connectivity index (χ0v) is 8.89. The van der Waals surface area contributed by atoms with Crippen LogP contribution in [0.5, 0.6) is 0 Å². The van der Waals surface area contributed by atoms with Gasteiger partial charge in [0.1, 0.15) is 5.56 Å². The maximum Gasteiger partial charge on any atom is 0.341 e. The van der Waals surface area contributed by atoms with Crippen molar-refractivity contribution in [1.29, 1.82) is 0 Å². The lowest BCUT2D eigenvalue weighted by Gasteiger charge is -2.08. The van der Waals surface area contributed by atoms with Crippen LogP contribution in [0.15, 0.2) is 12.1 Å². The molecular formula is C10H12ClNO2. The molecule has 1 aromatic rings. The third-order valence-electron chi connectivity index (χ3n) is 1.85. The molecule has 0 amide bonds. The first-order chi connectivity index (χ1) is 6.57. The van der Waals surface area contributed by atoms with Crippen molar-refractivity contribution in [2.75, 3.05) is 12.3 Å². The number of aryl methyl sites for hydroxylation is 1. The molecule has 1 rings (SSSR count). The van der Waals surface area contributed by atoms with Gasteiger partial charge in [0.2, 0.25) is 0 Å². The normalized spacial score (nSPS) is 9.93. The maximum atomic E-state index is 11.5. The molecule has 0 aliphatic rings. The van der Waals surface area contributed by atoms with Crippen molar-refractivity contribution >= 4 is 23.3 Å². The highest BCUT2D eigenvalue weighted by Crippen LogP contribution is 2.26. The van der Waals surface area contributed by atoms with Crippen molar-refractivity contribution in [3.05, 3.63) is 28.3 Å². The molecule has 14 heavy (non-hydrogen) atoms. The topological polar surface area (TPSA) is 52.3 Å². The van der Waals surface area contributed by atoms with Gasteiger partial charge in [0.25, 0.3) is 0 Å². The first-order valence-corrected chi connectivity index (χ1v) is 4.67. The molecule has 4 heteroatoms. The van der Waals surface area contributed by atoms with E-state index in [9.17, 15) is 4.79 Å². The van der Waals surface area contributed by atoms with Crippen molar-refractivity contribution < 1.29 is 9.53 Å². The molecule has 0 aliphatic heterocycles. The van der Waals surface area contributed by atoms with Crippen LogP contribution in [-0.2, 0) is 4.74 Å². The van der Waals surface area contributed by atoms with Gasteiger partial charge < -0.3 is 10.5 Å². The van der Waals surface area contributed by atoms with Gasteiger partial charge >= 0.3 is 5.97 Å². The van der Waals surface area contributed by atoms with Crippen molar-refractivity contribution in [2.24, 2.45) is 0 Å². The lowest BCUT2D eigenvalue weighted by molar-refractivity contribution is 0.0527. The number of halogens is 1. The van der Waals surface area contributed by atoms with Crippen LogP contribution in [0.3, 0.4) is 0 Å². The van der Waals surface area contributed by atoms with Crippen LogP contribution in [0.2, 0.25) is 5.02 Å². The van der Waals surface area contributed by atoms with E-state index in [0.717, 1.165) is 5.56 Å². The first-order valence-electron chi connectivity index (χ1n) is 4.29. The van der Waals surface area contributed by atoms with Crippen molar-refractivity contribution in [1.82, 2.24) is 0 Å². The maximum absolute atomic E-state index is 11.5. The van der Waals surface area contributed by atoms with Gasteiger partial charge in [-0.05, 0) is 25.5 Å². The van der Waals surface area contributed by atoms with E-state index in [0.29, 0.717) is 17.3 Å². The van der Waals surface area contributed by atoms with Crippen molar-refractivity contribution in [3.8, 4) is 0 Å². The average Bonchev–Trinajstić information content (AvgIpc) is 2.13.